The number of methoxy groups -OCH3 is 1. The second-order valence-corrected chi connectivity index (χ2v) is 7.24. The molecule has 2 unspecified atom stereocenters. The van der Waals surface area contributed by atoms with Crippen molar-refractivity contribution in [3.05, 3.63) is 22.7 Å². The van der Waals surface area contributed by atoms with Crippen LogP contribution in [0, 0.1) is 0 Å². The van der Waals surface area contributed by atoms with E-state index in [9.17, 15) is 8.42 Å². The van der Waals surface area contributed by atoms with Crippen LogP contribution in [0.15, 0.2) is 27.6 Å². The summed E-state index contributed by atoms with van der Waals surface area (Å²) in [6.45, 7) is 0. The fraction of sp³-hybridized carbons (Fsp3) is 0.500. The van der Waals surface area contributed by atoms with Gasteiger partial charge in [-0.1, -0.05) is 0 Å². The normalized spacial score (nSPS) is 23.7. The Morgan fingerprint density at radius 1 is 1.42 bits per heavy atom. The van der Waals surface area contributed by atoms with Crippen LogP contribution in [0.4, 0.5) is 5.69 Å². The van der Waals surface area contributed by atoms with Gasteiger partial charge in [0.05, 0.1) is 11.0 Å². The third-order valence-electron chi connectivity index (χ3n) is 3.32. The van der Waals surface area contributed by atoms with Gasteiger partial charge in [0.25, 0.3) is 0 Å². The molecule has 0 aliphatic heterocycles. The molecular formula is C12H17BrN2O3S. The molecule has 1 fully saturated rings. The Kier molecular flexibility index (Phi) is 4.50. The third-order valence-corrected chi connectivity index (χ3v) is 5.56. The molecular weight excluding hydrogens is 332 g/mol. The number of nitrogen functional groups attached to an aromatic ring is 1. The monoisotopic (exact) mass is 348 g/mol. The highest BCUT2D eigenvalue weighted by Gasteiger charge is 2.28. The quantitative estimate of drug-likeness (QED) is 0.814. The van der Waals surface area contributed by atoms with Gasteiger partial charge in [-0.25, -0.2) is 13.1 Å². The summed E-state index contributed by atoms with van der Waals surface area (Å²) >= 11 is 3.24. The van der Waals surface area contributed by atoms with E-state index in [0.717, 1.165) is 12.8 Å². The lowest BCUT2D eigenvalue weighted by atomic mass is 10.3. The fourth-order valence-electron chi connectivity index (χ4n) is 2.24. The van der Waals surface area contributed by atoms with Gasteiger partial charge in [0, 0.05) is 23.3 Å². The number of nitrogens with two attached hydrogens (primary N) is 1. The lowest BCUT2D eigenvalue weighted by Crippen LogP contribution is -2.33. The zero-order valence-electron chi connectivity index (χ0n) is 10.6. The fourth-order valence-corrected chi connectivity index (χ4v) is 3.80. The van der Waals surface area contributed by atoms with Gasteiger partial charge in [0.15, 0.2) is 0 Å². The Labute approximate surface area is 121 Å². The van der Waals surface area contributed by atoms with Crippen LogP contribution in [0.5, 0.6) is 0 Å². The van der Waals surface area contributed by atoms with Crippen LogP contribution < -0.4 is 10.5 Å². The average molecular weight is 349 g/mol. The highest BCUT2D eigenvalue weighted by atomic mass is 79.9. The minimum atomic E-state index is -3.52. The van der Waals surface area contributed by atoms with Gasteiger partial charge in [-0.05, 0) is 53.4 Å². The van der Waals surface area contributed by atoms with E-state index in [1.807, 2.05) is 0 Å². The van der Waals surface area contributed by atoms with E-state index >= 15 is 0 Å². The molecule has 1 saturated carbocycles. The number of halogens is 1. The molecule has 1 aliphatic carbocycles. The number of sulfonamides is 1. The first-order chi connectivity index (χ1) is 8.92. The third kappa shape index (κ3) is 3.47. The number of anilines is 1. The van der Waals surface area contributed by atoms with E-state index in [-0.39, 0.29) is 17.0 Å². The molecule has 2 atom stereocenters. The van der Waals surface area contributed by atoms with Crippen molar-refractivity contribution in [2.45, 2.75) is 36.3 Å². The molecule has 2 rings (SSSR count). The van der Waals surface area contributed by atoms with Gasteiger partial charge in [0.1, 0.15) is 0 Å². The van der Waals surface area contributed by atoms with Crippen LogP contribution in [-0.4, -0.2) is 27.7 Å². The van der Waals surface area contributed by atoms with Crippen molar-refractivity contribution >= 4 is 31.6 Å². The summed E-state index contributed by atoms with van der Waals surface area (Å²) in [5.41, 5.74) is 6.12. The second kappa shape index (κ2) is 5.78. The molecule has 19 heavy (non-hydrogen) atoms. The van der Waals surface area contributed by atoms with E-state index < -0.39 is 10.0 Å². The lowest BCUT2D eigenvalue weighted by Gasteiger charge is -2.14. The summed E-state index contributed by atoms with van der Waals surface area (Å²) in [4.78, 5) is 0.189. The maximum atomic E-state index is 12.2. The maximum Gasteiger partial charge on any atom is 0.240 e. The van der Waals surface area contributed by atoms with Gasteiger partial charge in [-0.3, -0.25) is 0 Å². The molecule has 3 N–H and O–H groups in total. The van der Waals surface area contributed by atoms with Gasteiger partial charge in [-0.15, -0.1) is 0 Å². The summed E-state index contributed by atoms with van der Waals surface area (Å²) in [5.74, 6) is 0. The van der Waals surface area contributed by atoms with Crippen molar-refractivity contribution in [2.24, 2.45) is 0 Å². The van der Waals surface area contributed by atoms with Crippen LogP contribution in [0.2, 0.25) is 0 Å². The Morgan fingerprint density at radius 3 is 2.74 bits per heavy atom. The predicted octanol–water partition coefficient (Wildman–Crippen LogP) is 1.88. The largest absolute Gasteiger partial charge is 0.398 e. The van der Waals surface area contributed by atoms with Crippen molar-refractivity contribution in [3.8, 4) is 0 Å². The average Bonchev–Trinajstić information content (AvgIpc) is 2.79. The molecule has 0 amide bonds. The number of hydrogen-bond acceptors (Lipinski definition) is 4. The lowest BCUT2D eigenvalue weighted by molar-refractivity contribution is 0.107. The van der Waals surface area contributed by atoms with Crippen molar-refractivity contribution in [3.63, 3.8) is 0 Å². The number of nitrogens with one attached hydrogen (secondary N) is 1. The smallest absolute Gasteiger partial charge is 0.240 e. The molecule has 0 bridgehead atoms. The van der Waals surface area contributed by atoms with Crippen LogP contribution >= 0.6 is 15.9 Å². The van der Waals surface area contributed by atoms with Gasteiger partial charge in [0.2, 0.25) is 10.0 Å². The molecule has 7 heteroatoms. The number of rotatable bonds is 4. The standard InChI is InChI=1S/C12H17BrN2O3S/c1-18-9-3-2-8(6-9)15-19(16,17)10-4-5-11(13)12(14)7-10/h4-5,7-9,15H,2-3,6,14H2,1H3. The van der Waals surface area contributed by atoms with E-state index in [0.29, 0.717) is 16.6 Å². The first-order valence-electron chi connectivity index (χ1n) is 6.02. The minimum Gasteiger partial charge on any atom is -0.398 e. The van der Waals surface area contributed by atoms with Crippen molar-refractivity contribution < 1.29 is 13.2 Å². The van der Waals surface area contributed by atoms with Crippen molar-refractivity contribution in [1.82, 2.24) is 4.72 Å². The van der Waals surface area contributed by atoms with Crippen LogP contribution in [0.3, 0.4) is 0 Å². The second-order valence-electron chi connectivity index (χ2n) is 4.67. The zero-order chi connectivity index (χ0) is 14.0. The van der Waals surface area contributed by atoms with Crippen molar-refractivity contribution in [1.29, 1.82) is 0 Å². The van der Waals surface area contributed by atoms with Crippen LogP contribution in [0.25, 0.3) is 0 Å². The minimum absolute atomic E-state index is 0.0696. The molecule has 106 valence electrons. The maximum absolute atomic E-state index is 12.2. The Bertz CT molecular complexity index is 562. The first-order valence-corrected chi connectivity index (χ1v) is 8.30. The molecule has 5 nitrogen and oxygen atoms in total. The van der Waals surface area contributed by atoms with Crippen LogP contribution in [0.1, 0.15) is 19.3 Å². The molecule has 0 aromatic heterocycles. The molecule has 0 saturated heterocycles. The van der Waals surface area contributed by atoms with E-state index in [1.54, 1.807) is 13.2 Å². The zero-order valence-corrected chi connectivity index (χ0v) is 13.0. The van der Waals surface area contributed by atoms with Gasteiger partial charge in [-0.2, -0.15) is 0 Å². The number of ether oxygens (including phenoxy) is 1. The summed E-state index contributed by atoms with van der Waals surface area (Å²) in [6.07, 6.45) is 2.53. The van der Waals surface area contributed by atoms with E-state index in [4.69, 9.17) is 10.5 Å². The summed E-state index contributed by atoms with van der Waals surface area (Å²) in [7, 11) is -1.87. The van der Waals surface area contributed by atoms with Crippen LogP contribution in [-0.2, 0) is 14.8 Å². The highest BCUT2D eigenvalue weighted by molar-refractivity contribution is 9.10. The van der Waals surface area contributed by atoms with Gasteiger partial charge < -0.3 is 10.5 Å². The Morgan fingerprint density at radius 2 is 2.16 bits per heavy atom. The molecule has 0 heterocycles. The molecule has 1 aromatic carbocycles. The van der Waals surface area contributed by atoms with Gasteiger partial charge >= 0.3 is 0 Å². The summed E-state index contributed by atoms with van der Waals surface area (Å²) in [5, 5.41) is 0. The molecule has 0 radical (unpaired) electrons. The molecule has 1 aromatic rings. The summed E-state index contributed by atoms with van der Waals surface area (Å²) in [6, 6.07) is 4.55. The number of benzene rings is 1. The topological polar surface area (TPSA) is 81.4 Å². The van der Waals surface area contributed by atoms with Crippen molar-refractivity contribution in [2.75, 3.05) is 12.8 Å². The summed E-state index contributed by atoms with van der Waals surface area (Å²) < 4.78 is 33.1. The Hall–Kier alpha value is -0.630. The Balaban J connectivity index is 2.12. The molecule has 0 spiro atoms. The number of hydrogen-bond donors (Lipinski definition) is 2. The van der Waals surface area contributed by atoms with E-state index in [1.165, 1.54) is 12.1 Å². The molecule has 1 aliphatic rings. The SMILES string of the molecule is COC1CCC(NS(=O)(=O)c2ccc(Br)c(N)c2)C1. The predicted molar refractivity (Wildman–Crippen MR) is 77.3 cm³/mol. The highest BCUT2D eigenvalue weighted by Crippen LogP contribution is 2.25. The van der Waals surface area contributed by atoms with E-state index in [2.05, 4.69) is 20.7 Å². The first kappa shape index (κ1) is 14.8.